The van der Waals surface area contributed by atoms with Crippen molar-refractivity contribution in [2.24, 2.45) is 13.0 Å². The molecule has 28 heavy (non-hydrogen) atoms. The number of anilines is 2. The lowest BCUT2D eigenvalue weighted by molar-refractivity contribution is 0.0526. The second-order valence-electron chi connectivity index (χ2n) is 7.00. The molecule has 0 amide bonds. The first-order valence-electron chi connectivity index (χ1n) is 9.15. The first kappa shape index (κ1) is 18.0. The molecule has 0 saturated carbocycles. The van der Waals surface area contributed by atoms with E-state index < -0.39 is 11.2 Å². The topological polar surface area (TPSA) is 102 Å². The fourth-order valence-electron chi connectivity index (χ4n) is 3.58. The van der Waals surface area contributed by atoms with Gasteiger partial charge in [0.15, 0.2) is 11.2 Å². The van der Waals surface area contributed by atoms with Crippen LogP contribution in [0.25, 0.3) is 11.2 Å². The van der Waals surface area contributed by atoms with Crippen molar-refractivity contribution >= 4 is 28.8 Å². The van der Waals surface area contributed by atoms with Gasteiger partial charge in [-0.3, -0.25) is 14.3 Å². The Morgan fingerprint density at radius 2 is 1.96 bits per heavy atom. The highest BCUT2D eigenvalue weighted by Gasteiger charge is 2.29. The normalized spacial score (nSPS) is 16.2. The van der Waals surface area contributed by atoms with E-state index in [-0.39, 0.29) is 11.9 Å². The number of aromatic amines is 1. The fourth-order valence-corrected chi connectivity index (χ4v) is 3.58. The molecule has 0 unspecified atom stereocenters. The van der Waals surface area contributed by atoms with Crippen LogP contribution in [0.2, 0.25) is 0 Å². The molecular weight excluding hydrogens is 362 g/mol. The molecule has 1 aromatic carbocycles. The summed E-state index contributed by atoms with van der Waals surface area (Å²) in [6, 6.07) is 7.08. The van der Waals surface area contributed by atoms with Gasteiger partial charge in [-0.15, -0.1) is 0 Å². The van der Waals surface area contributed by atoms with Gasteiger partial charge in [0.05, 0.1) is 12.2 Å². The number of aromatic nitrogens is 4. The summed E-state index contributed by atoms with van der Waals surface area (Å²) in [5.74, 6) is 0.491. The molecule has 0 spiro atoms. The molecule has 0 fully saturated rings. The number of aryl methyl sites for hydroxylation is 1. The van der Waals surface area contributed by atoms with Gasteiger partial charge in [0.2, 0.25) is 5.95 Å². The molecular formula is C19H21N5O4. The van der Waals surface area contributed by atoms with Gasteiger partial charge in [-0.05, 0) is 37.1 Å². The molecule has 0 radical (unpaired) electrons. The molecule has 0 saturated heterocycles. The van der Waals surface area contributed by atoms with Crippen molar-refractivity contribution in [2.75, 3.05) is 18.1 Å². The van der Waals surface area contributed by atoms with Gasteiger partial charge >= 0.3 is 11.7 Å². The number of imidazole rings is 1. The second-order valence-corrected chi connectivity index (χ2v) is 7.00. The van der Waals surface area contributed by atoms with E-state index in [4.69, 9.17) is 4.74 Å². The summed E-state index contributed by atoms with van der Waals surface area (Å²) < 4.78 is 8.21. The number of ether oxygens (including phenoxy) is 1. The van der Waals surface area contributed by atoms with Gasteiger partial charge in [-0.1, -0.05) is 6.92 Å². The average molecular weight is 383 g/mol. The van der Waals surface area contributed by atoms with Crippen LogP contribution in [0.1, 0.15) is 24.2 Å². The van der Waals surface area contributed by atoms with Crippen LogP contribution >= 0.6 is 0 Å². The highest BCUT2D eigenvalue weighted by atomic mass is 16.5. The third-order valence-corrected chi connectivity index (χ3v) is 4.91. The van der Waals surface area contributed by atoms with Crippen LogP contribution in [-0.2, 0) is 18.3 Å². The minimum atomic E-state index is -0.494. The number of carbonyl (C=O) groups is 1. The zero-order valence-electron chi connectivity index (χ0n) is 15.9. The second kappa shape index (κ2) is 6.66. The van der Waals surface area contributed by atoms with Crippen LogP contribution in [0.5, 0.6) is 0 Å². The Kier molecular flexibility index (Phi) is 4.29. The number of hydrogen-bond acceptors (Lipinski definition) is 6. The Morgan fingerprint density at radius 1 is 1.25 bits per heavy atom. The molecule has 9 heteroatoms. The number of nitrogens with one attached hydrogen (secondary N) is 1. The van der Waals surface area contributed by atoms with Crippen LogP contribution in [0, 0.1) is 5.92 Å². The van der Waals surface area contributed by atoms with E-state index in [0.29, 0.717) is 42.4 Å². The van der Waals surface area contributed by atoms with Crippen molar-refractivity contribution < 1.29 is 9.53 Å². The number of benzene rings is 1. The number of fused-ring (bicyclic) bond motifs is 3. The van der Waals surface area contributed by atoms with Crippen molar-refractivity contribution in [1.82, 2.24) is 19.1 Å². The molecule has 4 rings (SSSR count). The van der Waals surface area contributed by atoms with Gasteiger partial charge in [0.1, 0.15) is 0 Å². The standard InChI is InChI=1S/C19H21N5O4/c1-4-28-17(26)12-5-7-13(8-6-12)23-9-11(2)10-24-14-15(20-18(23)24)22(3)19(27)21-16(14)25/h5-8,11H,4,9-10H2,1-3H3,(H,21,25,27)/t11-/m0/s1. The molecule has 0 bridgehead atoms. The number of carbonyl (C=O) groups excluding carboxylic acids is 1. The van der Waals surface area contributed by atoms with Crippen LogP contribution < -0.4 is 16.1 Å². The monoisotopic (exact) mass is 383 g/mol. The molecule has 0 aliphatic carbocycles. The Balaban J connectivity index is 1.83. The SMILES string of the molecule is CCOC(=O)c1ccc(N2C[C@H](C)Cn3c2nc2c3c(=O)[nH]c(=O)n2C)cc1. The predicted molar refractivity (Wildman–Crippen MR) is 104 cm³/mol. The minimum Gasteiger partial charge on any atom is -0.462 e. The molecule has 146 valence electrons. The predicted octanol–water partition coefficient (Wildman–Crippen LogP) is 1.39. The van der Waals surface area contributed by atoms with E-state index in [2.05, 4.69) is 16.9 Å². The number of nitrogens with zero attached hydrogens (tertiary/aromatic N) is 4. The summed E-state index contributed by atoms with van der Waals surface area (Å²) in [7, 11) is 1.58. The molecule has 1 aliphatic rings. The number of esters is 1. The Labute approximate surface area is 160 Å². The summed E-state index contributed by atoms with van der Waals surface area (Å²) in [6.45, 7) is 5.51. The Morgan fingerprint density at radius 3 is 2.64 bits per heavy atom. The average Bonchev–Trinajstić information content (AvgIpc) is 3.06. The third-order valence-electron chi connectivity index (χ3n) is 4.91. The Bertz CT molecular complexity index is 1170. The van der Waals surface area contributed by atoms with Crippen LogP contribution in [0.15, 0.2) is 33.9 Å². The molecule has 2 aromatic heterocycles. The van der Waals surface area contributed by atoms with E-state index in [1.54, 1.807) is 26.1 Å². The number of H-pyrrole nitrogens is 1. The summed E-state index contributed by atoms with van der Waals surface area (Å²) in [4.78, 5) is 45.2. The van der Waals surface area contributed by atoms with Gasteiger partial charge < -0.3 is 14.2 Å². The van der Waals surface area contributed by atoms with Crippen molar-refractivity contribution in [2.45, 2.75) is 20.4 Å². The van der Waals surface area contributed by atoms with Crippen molar-refractivity contribution in [3.05, 3.63) is 50.7 Å². The lowest BCUT2D eigenvalue weighted by atomic mass is 10.1. The zero-order chi connectivity index (χ0) is 20.0. The largest absolute Gasteiger partial charge is 0.462 e. The van der Waals surface area contributed by atoms with Gasteiger partial charge in [-0.2, -0.15) is 4.98 Å². The summed E-state index contributed by atoms with van der Waals surface area (Å²) >= 11 is 0. The summed E-state index contributed by atoms with van der Waals surface area (Å²) in [5, 5.41) is 0. The Hall–Kier alpha value is -3.36. The first-order chi connectivity index (χ1) is 13.4. The molecule has 1 atom stereocenters. The van der Waals surface area contributed by atoms with Gasteiger partial charge in [-0.25, -0.2) is 9.59 Å². The maximum atomic E-state index is 12.4. The third kappa shape index (κ3) is 2.79. The lowest BCUT2D eigenvalue weighted by Gasteiger charge is -2.33. The van der Waals surface area contributed by atoms with Crippen LogP contribution in [0.4, 0.5) is 11.6 Å². The minimum absolute atomic E-state index is 0.256. The number of hydrogen-bond donors (Lipinski definition) is 1. The van der Waals surface area contributed by atoms with E-state index >= 15 is 0 Å². The summed E-state index contributed by atoms with van der Waals surface area (Å²) in [6.07, 6.45) is 0. The van der Waals surface area contributed by atoms with Gasteiger partial charge in [0, 0.05) is 25.8 Å². The van der Waals surface area contributed by atoms with E-state index in [1.165, 1.54) is 4.57 Å². The maximum Gasteiger partial charge on any atom is 0.338 e. The summed E-state index contributed by atoms with van der Waals surface area (Å²) in [5.41, 5.74) is 1.12. The first-order valence-corrected chi connectivity index (χ1v) is 9.15. The van der Waals surface area contributed by atoms with Gasteiger partial charge in [0.25, 0.3) is 5.56 Å². The zero-order valence-corrected chi connectivity index (χ0v) is 15.9. The molecule has 9 nitrogen and oxygen atoms in total. The number of rotatable bonds is 3. The van der Waals surface area contributed by atoms with Crippen molar-refractivity contribution in [3.63, 3.8) is 0 Å². The fraction of sp³-hybridized carbons (Fsp3) is 0.368. The molecule has 1 N–H and O–H groups in total. The van der Waals surface area contributed by atoms with Crippen LogP contribution in [0.3, 0.4) is 0 Å². The van der Waals surface area contributed by atoms with E-state index in [9.17, 15) is 14.4 Å². The smallest absolute Gasteiger partial charge is 0.338 e. The quantitative estimate of drug-likeness (QED) is 0.686. The van der Waals surface area contributed by atoms with E-state index in [0.717, 1.165) is 5.69 Å². The lowest BCUT2D eigenvalue weighted by Crippen LogP contribution is -2.35. The molecule has 3 aromatic rings. The molecule has 1 aliphatic heterocycles. The maximum absolute atomic E-state index is 12.4. The highest BCUT2D eigenvalue weighted by Crippen LogP contribution is 2.32. The van der Waals surface area contributed by atoms with Crippen molar-refractivity contribution in [3.8, 4) is 0 Å². The van der Waals surface area contributed by atoms with Crippen molar-refractivity contribution in [1.29, 1.82) is 0 Å². The van der Waals surface area contributed by atoms with E-state index in [1.807, 2.05) is 21.6 Å². The van der Waals surface area contributed by atoms with Crippen LogP contribution in [-0.4, -0.2) is 38.2 Å². The molecule has 3 heterocycles. The highest BCUT2D eigenvalue weighted by molar-refractivity contribution is 5.90.